The van der Waals surface area contributed by atoms with Crippen molar-refractivity contribution in [3.05, 3.63) is 23.2 Å². The fourth-order valence-electron chi connectivity index (χ4n) is 0.687. The van der Waals surface area contributed by atoms with Crippen LogP contribution in [0, 0.1) is 0 Å². The fourth-order valence-corrected chi connectivity index (χ4v) is 0.930. The highest BCUT2D eigenvalue weighted by Crippen LogP contribution is 2.33. The molecule has 1 aromatic rings. The van der Waals surface area contributed by atoms with Crippen LogP contribution in [0.2, 0.25) is 5.02 Å². The van der Waals surface area contributed by atoms with Gasteiger partial charge in [0.1, 0.15) is 0 Å². The Bertz CT molecular complexity index is 215. The Balaban J connectivity index is 3.17. The summed E-state index contributed by atoms with van der Waals surface area (Å²) in [6, 6.07) is 4.61. The van der Waals surface area contributed by atoms with Crippen LogP contribution in [0.25, 0.3) is 0 Å². The Kier molecular flexibility index (Phi) is 2.02. The number of halogens is 1. The number of hydrogen-bond acceptors (Lipinski definition) is 1. The highest BCUT2D eigenvalue weighted by atomic mass is 35.5. The zero-order chi connectivity index (χ0) is 7.56. The van der Waals surface area contributed by atoms with Crippen LogP contribution in [0.4, 0.5) is 0 Å². The first-order chi connectivity index (χ1) is 4.75. The molecule has 0 spiro atoms. The normalized spacial score (nSPS) is 9.40. The maximum Gasteiger partial charge on any atom is 0.221 e. The largest absolute Gasteiger partial charge is 0.491 e. The van der Waals surface area contributed by atoms with Gasteiger partial charge >= 0.3 is 0 Å². The average molecular weight is 158 g/mol. The van der Waals surface area contributed by atoms with Gasteiger partial charge in [0.25, 0.3) is 0 Å². The van der Waals surface area contributed by atoms with E-state index in [1.54, 1.807) is 12.1 Å². The summed E-state index contributed by atoms with van der Waals surface area (Å²) in [5.41, 5.74) is 0. The minimum Gasteiger partial charge on any atom is -0.491 e. The molecule has 2 nitrogen and oxygen atoms in total. The second-order valence-electron chi connectivity index (χ2n) is 1.77. The molecule has 0 saturated heterocycles. The summed E-state index contributed by atoms with van der Waals surface area (Å²) in [6.45, 7) is 0. The van der Waals surface area contributed by atoms with Gasteiger partial charge in [0.05, 0.1) is 12.1 Å². The summed E-state index contributed by atoms with van der Waals surface area (Å²) in [5, 5.41) is 11.2. The third kappa shape index (κ3) is 1.16. The second-order valence-corrected chi connectivity index (χ2v) is 2.18. The zero-order valence-corrected chi connectivity index (χ0v) is 6.18. The van der Waals surface area contributed by atoms with Gasteiger partial charge in [-0.3, -0.25) is 5.11 Å². The van der Waals surface area contributed by atoms with Crippen LogP contribution in [-0.4, -0.2) is 7.11 Å². The number of methoxy groups -OCH3 is 1. The minimum atomic E-state index is -0.185. The summed E-state index contributed by atoms with van der Waals surface area (Å²) in [4.78, 5) is 0. The van der Waals surface area contributed by atoms with Crippen LogP contribution in [0.3, 0.4) is 0 Å². The Morgan fingerprint density at radius 2 is 2.20 bits per heavy atom. The van der Waals surface area contributed by atoms with Gasteiger partial charge in [-0.05, 0) is 12.1 Å². The van der Waals surface area contributed by atoms with Gasteiger partial charge in [0, 0.05) is 0 Å². The Morgan fingerprint density at radius 1 is 1.50 bits per heavy atom. The first-order valence-electron chi connectivity index (χ1n) is 2.75. The molecule has 1 rings (SSSR count). The Hall–Kier alpha value is -0.890. The SMILES string of the molecule is COc1c([O])cccc1Cl. The third-order valence-corrected chi connectivity index (χ3v) is 1.43. The predicted octanol–water partition coefficient (Wildman–Crippen LogP) is 2.49. The molecule has 0 heterocycles. The molecule has 0 fully saturated rings. The van der Waals surface area contributed by atoms with Gasteiger partial charge < -0.3 is 4.74 Å². The van der Waals surface area contributed by atoms with Crippen molar-refractivity contribution in [3.63, 3.8) is 0 Å². The van der Waals surface area contributed by atoms with Gasteiger partial charge in [-0.15, -0.1) is 0 Å². The molecule has 0 N–H and O–H groups in total. The lowest BCUT2D eigenvalue weighted by atomic mass is 10.3. The number of ether oxygens (including phenoxy) is 1. The fraction of sp³-hybridized carbons (Fsp3) is 0.143. The summed E-state index contributed by atoms with van der Waals surface area (Å²) >= 11 is 5.60. The van der Waals surface area contributed by atoms with E-state index < -0.39 is 0 Å². The third-order valence-electron chi connectivity index (χ3n) is 1.13. The van der Waals surface area contributed by atoms with Crippen LogP contribution in [-0.2, 0) is 5.11 Å². The first-order valence-corrected chi connectivity index (χ1v) is 3.13. The zero-order valence-electron chi connectivity index (χ0n) is 5.43. The molecule has 1 radical (unpaired) electrons. The summed E-state index contributed by atoms with van der Waals surface area (Å²) in [7, 11) is 1.42. The number of benzene rings is 1. The molecular formula is C7H6ClO2. The Labute approximate surface area is 64.0 Å². The molecule has 0 saturated carbocycles. The topological polar surface area (TPSA) is 29.1 Å². The first kappa shape index (κ1) is 7.22. The van der Waals surface area contributed by atoms with E-state index in [1.807, 2.05) is 0 Å². The van der Waals surface area contributed by atoms with Crippen molar-refractivity contribution in [3.8, 4) is 11.5 Å². The van der Waals surface area contributed by atoms with E-state index >= 15 is 0 Å². The van der Waals surface area contributed by atoms with Gasteiger partial charge in [-0.25, -0.2) is 0 Å². The Morgan fingerprint density at radius 3 is 2.60 bits per heavy atom. The molecule has 53 valence electrons. The molecule has 0 aliphatic carbocycles. The van der Waals surface area contributed by atoms with Crippen molar-refractivity contribution in [2.75, 3.05) is 7.11 Å². The lowest BCUT2D eigenvalue weighted by Crippen LogP contribution is -1.82. The summed E-state index contributed by atoms with van der Waals surface area (Å²) < 4.78 is 4.73. The van der Waals surface area contributed by atoms with E-state index in [0.29, 0.717) is 5.02 Å². The molecule has 3 heteroatoms. The lowest BCUT2D eigenvalue weighted by Gasteiger charge is -2.00. The van der Waals surface area contributed by atoms with Gasteiger partial charge in [0.2, 0.25) is 5.75 Å². The van der Waals surface area contributed by atoms with Crippen LogP contribution in [0.5, 0.6) is 11.5 Å². The second kappa shape index (κ2) is 2.80. The van der Waals surface area contributed by atoms with E-state index in [0.717, 1.165) is 0 Å². The van der Waals surface area contributed by atoms with Crippen LogP contribution in [0.1, 0.15) is 0 Å². The maximum absolute atomic E-state index is 10.9. The standard InChI is InChI=1S/C7H6ClO2/c1-10-7-5(8)3-2-4-6(7)9/h2-4H,1H3. The number of hydrogen-bond donors (Lipinski definition) is 0. The van der Waals surface area contributed by atoms with E-state index in [2.05, 4.69) is 0 Å². The molecule has 1 aromatic carbocycles. The minimum absolute atomic E-state index is 0.185. The monoisotopic (exact) mass is 157 g/mol. The summed E-state index contributed by atoms with van der Waals surface area (Å²) in [6.07, 6.45) is 0. The van der Waals surface area contributed by atoms with Gasteiger partial charge in [-0.1, -0.05) is 17.7 Å². The van der Waals surface area contributed by atoms with Crippen LogP contribution in [0.15, 0.2) is 18.2 Å². The van der Waals surface area contributed by atoms with Gasteiger partial charge in [-0.2, -0.15) is 0 Å². The molecular weight excluding hydrogens is 152 g/mol. The molecule has 0 aliphatic heterocycles. The van der Waals surface area contributed by atoms with Crippen LogP contribution >= 0.6 is 11.6 Å². The smallest absolute Gasteiger partial charge is 0.221 e. The predicted molar refractivity (Wildman–Crippen MR) is 38.1 cm³/mol. The van der Waals surface area contributed by atoms with E-state index in [9.17, 15) is 5.11 Å². The molecule has 0 unspecified atom stereocenters. The average Bonchev–Trinajstić information content (AvgIpc) is 1.88. The molecule has 10 heavy (non-hydrogen) atoms. The van der Waals surface area contributed by atoms with E-state index in [4.69, 9.17) is 16.3 Å². The van der Waals surface area contributed by atoms with Gasteiger partial charge in [0.15, 0.2) is 5.75 Å². The van der Waals surface area contributed by atoms with Crippen molar-refractivity contribution in [2.24, 2.45) is 0 Å². The molecule has 0 bridgehead atoms. The van der Waals surface area contributed by atoms with E-state index in [-0.39, 0.29) is 11.5 Å². The molecule has 0 amide bonds. The number of rotatable bonds is 1. The lowest BCUT2D eigenvalue weighted by molar-refractivity contribution is 0.315. The van der Waals surface area contributed by atoms with Crippen molar-refractivity contribution in [1.82, 2.24) is 0 Å². The molecule has 0 aromatic heterocycles. The van der Waals surface area contributed by atoms with Crippen molar-refractivity contribution >= 4 is 11.6 Å². The highest BCUT2D eigenvalue weighted by molar-refractivity contribution is 6.32. The van der Waals surface area contributed by atoms with Crippen molar-refractivity contribution in [1.29, 1.82) is 0 Å². The van der Waals surface area contributed by atoms with Crippen molar-refractivity contribution in [2.45, 2.75) is 0 Å². The van der Waals surface area contributed by atoms with Crippen molar-refractivity contribution < 1.29 is 9.84 Å². The number of para-hydroxylation sites is 1. The van der Waals surface area contributed by atoms with E-state index in [1.165, 1.54) is 13.2 Å². The summed E-state index contributed by atoms with van der Waals surface area (Å²) in [5.74, 6) is 0.0270. The quantitative estimate of drug-likeness (QED) is 0.616. The van der Waals surface area contributed by atoms with Crippen LogP contribution < -0.4 is 4.74 Å². The molecule has 0 atom stereocenters. The maximum atomic E-state index is 10.9. The molecule has 0 aliphatic rings. The highest BCUT2D eigenvalue weighted by Gasteiger charge is 2.05.